The molecule has 0 aliphatic carbocycles. The third-order valence-corrected chi connectivity index (χ3v) is 3.06. The van der Waals surface area contributed by atoms with Gasteiger partial charge in [-0.25, -0.2) is 4.39 Å². The highest BCUT2D eigenvalue weighted by Crippen LogP contribution is 2.27. The lowest BCUT2D eigenvalue weighted by Crippen LogP contribution is -2.09. The monoisotopic (exact) mass is 275 g/mol. The van der Waals surface area contributed by atoms with Crippen LogP contribution in [0.15, 0.2) is 36.7 Å². The molecule has 0 bridgehead atoms. The first kappa shape index (κ1) is 13.9. The zero-order valence-corrected chi connectivity index (χ0v) is 11.1. The largest absolute Gasteiger partial charge is 0.373 e. The lowest BCUT2D eigenvalue weighted by molar-refractivity contribution is -0.384. The molecule has 0 amide bonds. The summed E-state index contributed by atoms with van der Waals surface area (Å²) in [5.74, 6) is -0.291. The predicted octanol–water partition coefficient (Wildman–Crippen LogP) is 3.61. The first-order chi connectivity index (χ1) is 9.49. The number of nitrogens with zero attached hydrogens (tertiary/aromatic N) is 2. The highest BCUT2D eigenvalue weighted by molar-refractivity contribution is 5.60. The van der Waals surface area contributed by atoms with E-state index in [1.165, 1.54) is 24.5 Å². The third-order valence-electron chi connectivity index (χ3n) is 3.06. The summed E-state index contributed by atoms with van der Waals surface area (Å²) in [4.78, 5) is 14.1. The van der Waals surface area contributed by atoms with E-state index in [0.29, 0.717) is 11.3 Å². The number of benzene rings is 1. The number of aryl methyl sites for hydroxylation is 1. The van der Waals surface area contributed by atoms with Crippen molar-refractivity contribution >= 4 is 11.4 Å². The second-order valence-corrected chi connectivity index (χ2v) is 4.52. The Morgan fingerprint density at radius 2 is 2.15 bits per heavy atom. The molecule has 1 unspecified atom stereocenters. The minimum Gasteiger partial charge on any atom is -0.373 e. The molecule has 0 radical (unpaired) electrons. The highest BCUT2D eigenvalue weighted by Gasteiger charge is 2.16. The van der Waals surface area contributed by atoms with Gasteiger partial charge in [0.2, 0.25) is 0 Å². The summed E-state index contributed by atoms with van der Waals surface area (Å²) in [6, 6.07) is 6.18. The second-order valence-electron chi connectivity index (χ2n) is 4.52. The van der Waals surface area contributed by atoms with Crippen LogP contribution in [0.5, 0.6) is 0 Å². The molecule has 1 N–H and O–H groups in total. The van der Waals surface area contributed by atoms with Crippen LogP contribution < -0.4 is 5.32 Å². The van der Waals surface area contributed by atoms with Crippen molar-refractivity contribution in [1.29, 1.82) is 0 Å². The van der Waals surface area contributed by atoms with Gasteiger partial charge in [0.1, 0.15) is 17.7 Å². The van der Waals surface area contributed by atoms with E-state index in [1.54, 1.807) is 19.1 Å². The Hall–Kier alpha value is -2.50. The smallest absolute Gasteiger partial charge is 0.310 e. The van der Waals surface area contributed by atoms with E-state index in [0.717, 1.165) is 5.56 Å². The lowest BCUT2D eigenvalue weighted by atomic mass is 10.1. The van der Waals surface area contributed by atoms with Crippen molar-refractivity contribution in [2.75, 3.05) is 5.32 Å². The molecule has 1 aromatic carbocycles. The van der Waals surface area contributed by atoms with Crippen molar-refractivity contribution < 1.29 is 9.31 Å². The predicted molar refractivity (Wildman–Crippen MR) is 74.1 cm³/mol. The van der Waals surface area contributed by atoms with Crippen molar-refractivity contribution in [3.8, 4) is 0 Å². The molecule has 5 nitrogen and oxygen atoms in total. The normalized spacial score (nSPS) is 11.9. The van der Waals surface area contributed by atoms with E-state index in [2.05, 4.69) is 10.3 Å². The fourth-order valence-electron chi connectivity index (χ4n) is 1.85. The fraction of sp³-hybridized carbons (Fsp3) is 0.214. The van der Waals surface area contributed by atoms with Crippen molar-refractivity contribution in [3.63, 3.8) is 0 Å². The molecule has 0 fully saturated rings. The van der Waals surface area contributed by atoms with Gasteiger partial charge in [-0.15, -0.1) is 0 Å². The van der Waals surface area contributed by atoms with Gasteiger partial charge in [0.15, 0.2) is 0 Å². The van der Waals surface area contributed by atoms with Crippen molar-refractivity contribution in [2.24, 2.45) is 0 Å². The first-order valence-corrected chi connectivity index (χ1v) is 6.10. The molecule has 20 heavy (non-hydrogen) atoms. The maximum atomic E-state index is 13.5. The Balaban J connectivity index is 2.25. The van der Waals surface area contributed by atoms with Gasteiger partial charge in [0.05, 0.1) is 4.92 Å². The average molecular weight is 275 g/mol. The van der Waals surface area contributed by atoms with E-state index in [9.17, 15) is 14.5 Å². The Morgan fingerprint density at radius 1 is 1.40 bits per heavy atom. The van der Waals surface area contributed by atoms with E-state index < -0.39 is 4.92 Å². The topological polar surface area (TPSA) is 68.1 Å². The zero-order valence-electron chi connectivity index (χ0n) is 11.1. The molecule has 0 aliphatic heterocycles. The standard InChI is InChI=1S/C14H14FN3O2/c1-9-3-4-11(7-12(9)15)10(2)17-13-5-6-16-8-14(13)18(19)20/h3-8,10H,1-2H3,(H,16,17). The number of hydrogen-bond donors (Lipinski definition) is 1. The van der Waals surface area contributed by atoms with Crippen LogP contribution in [-0.4, -0.2) is 9.91 Å². The van der Waals surface area contributed by atoms with Gasteiger partial charge < -0.3 is 5.32 Å². The van der Waals surface area contributed by atoms with E-state index in [1.807, 2.05) is 6.92 Å². The first-order valence-electron chi connectivity index (χ1n) is 6.10. The van der Waals surface area contributed by atoms with Crippen LogP contribution >= 0.6 is 0 Å². The molecule has 104 valence electrons. The number of halogens is 1. The summed E-state index contributed by atoms with van der Waals surface area (Å²) in [7, 11) is 0. The van der Waals surface area contributed by atoms with Gasteiger partial charge in [0, 0.05) is 12.2 Å². The minimum absolute atomic E-state index is 0.105. The summed E-state index contributed by atoms with van der Waals surface area (Å²) in [6.45, 7) is 3.50. The Labute approximate surface area is 115 Å². The Bertz CT molecular complexity index is 646. The summed E-state index contributed by atoms with van der Waals surface area (Å²) < 4.78 is 13.5. The summed E-state index contributed by atoms with van der Waals surface area (Å²) in [5.41, 5.74) is 1.54. The number of pyridine rings is 1. The molecule has 2 aromatic rings. The summed E-state index contributed by atoms with van der Waals surface area (Å²) in [6.07, 6.45) is 2.66. The lowest BCUT2D eigenvalue weighted by Gasteiger charge is -2.16. The van der Waals surface area contributed by atoms with Crippen molar-refractivity contribution in [2.45, 2.75) is 19.9 Å². The molecule has 2 rings (SSSR count). The van der Waals surface area contributed by atoms with E-state index in [-0.39, 0.29) is 17.5 Å². The quantitative estimate of drug-likeness (QED) is 0.683. The molecule has 1 aromatic heterocycles. The van der Waals surface area contributed by atoms with Gasteiger partial charge in [-0.05, 0) is 37.1 Å². The molecule has 1 atom stereocenters. The number of nitrogens with one attached hydrogen (secondary N) is 1. The summed E-state index contributed by atoms with van der Waals surface area (Å²) >= 11 is 0. The number of nitro groups is 1. The van der Waals surface area contributed by atoms with Crippen LogP contribution in [-0.2, 0) is 0 Å². The fourth-order valence-corrected chi connectivity index (χ4v) is 1.85. The number of rotatable bonds is 4. The Morgan fingerprint density at radius 3 is 2.80 bits per heavy atom. The average Bonchev–Trinajstić information content (AvgIpc) is 2.42. The molecular weight excluding hydrogens is 261 g/mol. The molecule has 6 heteroatoms. The maximum Gasteiger partial charge on any atom is 0.310 e. The van der Waals surface area contributed by atoms with Crippen LogP contribution in [0.1, 0.15) is 24.1 Å². The minimum atomic E-state index is -0.502. The van der Waals surface area contributed by atoms with Gasteiger partial charge in [-0.2, -0.15) is 0 Å². The van der Waals surface area contributed by atoms with Gasteiger partial charge in [-0.3, -0.25) is 15.1 Å². The molecule has 0 spiro atoms. The Kier molecular flexibility index (Phi) is 3.93. The van der Waals surface area contributed by atoms with Crippen LogP contribution in [0.3, 0.4) is 0 Å². The SMILES string of the molecule is Cc1ccc(C(C)Nc2ccncc2[N+](=O)[O-])cc1F. The van der Waals surface area contributed by atoms with E-state index >= 15 is 0 Å². The van der Waals surface area contributed by atoms with E-state index in [4.69, 9.17) is 0 Å². The van der Waals surface area contributed by atoms with Gasteiger partial charge >= 0.3 is 5.69 Å². The highest BCUT2D eigenvalue weighted by atomic mass is 19.1. The van der Waals surface area contributed by atoms with Gasteiger partial charge in [0.25, 0.3) is 0 Å². The van der Waals surface area contributed by atoms with Crippen LogP contribution in [0.25, 0.3) is 0 Å². The van der Waals surface area contributed by atoms with Crippen molar-refractivity contribution in [1.82, 2.24) is 4.98 Å². The van der Waals surface area contributed by atoms with Crippen LogP contribution in [0.2, 0.25) is 0 Å². The molecule has 0 aliphatic rings. The molecule has 1 heterocycles. The molecule has 0 saturated carbocycles. The second kappa shape index (κ2) is 5.64. The number of hydrogen-bond acceptors (Lipinski definition) is 4. The molecule has 0 saturated heterocycles. The van der Waals surface area contributed by atoms with Crippen LogP contribution in [0, 0.1) is 22.9 Å². The maximum absolute atomic E-state index is 13.5. The number of aromatic nitrogens is 1. The molecular formula is C14H14FN3O2. The van der Waals surface area contributed by atoms with Gasteiger partial charge in [-0.1, -0.05) is 12.1 Å². The summed E-state index contributed by atoms with van der Waals surface area (Å²) in [5, 5.41) is 13.9. The number of anilines is 1. The third kappa shape index (κ3) is 2.90. The zero-order chi connectivity index (χ0) is 14.7. The van der Waals surface area contributed by atoms with Crippen molar-refractivity contribution in [3.05, 3.63) is 63.7 Å². The van der Waals surface area contributed by atoms with Crippen LogP contribution in [0.4, 0.5) is 15.8 Å².